The molecule has 0 bridgehead atoms. The molecule has 0 radical (unpaired) electrons. The van der Waals surface area contributed by atoms with Crippen LogP contribution < -0.4 is 10.5 Å². The zero-order valence-electron chi connectivity index (χ0n) is 7.57. The predicted molar refractivity (Wildman–Crippen MR) is 60.8 cm³/mol. The Labute approximate surface area is 93.2 Å². The summed E-state index contributed by atoms with van der Waals surface area (Å²) in [6.45, 7) is 0.569. The Balaban J connectivity index is 2.28. The molecule has 1 heterocycles. The first-order valence-electron chi connectivity index (χ1n) is 4.20. The van der Waals surface area contributed by atoms with Gasteiger partial charge in [-0.3, -0.25) is 4.98 Å². The fourth-order valence-electron chi connectivity index (χ4n) is 0.908. The van der Waals surface area contributed by atoms with Crippen molar-refractivity contribution in [1.82, 2.24) is 4.98 Å². The van der Waals surface area contributed by atoms with Gasteiger partial charge in [-0.1, -0.05) is 23.8 Å². The van der Waals surface area contributed by atoms with Gasteiger partial charge in [0.15, 0.2) is 0 Å². The first-order valence-corrected chi connectivity index (χ1v) is 4.99. The molecule has 1 aromatic heterocycles. The topological polar surface area (TPSA) is 48.1 Å². The lowest BCUT2D eigenvalue weighted by Gasteiger charge is -2.04. The number of nitrogens with two attached hydrogens (primary N) is 1. The van der Waals surface area contributed by atoms with E-state index in [-0.39, 0.29) is 0 Å². The number of aromatic nitrogens is 1. The summed E-state index contributed by atoms with van der Waals surface area (Å²) in [6.07, 6.45) is 4.68. The molecular weight excluding hydrogens is 220 g/mol. The third kappa shape index (κ3) is 4.39. The van der Waals surface area contributed by atoms with E-state index < -0.39 is 0 Å². The summed E-state index contributed by atoms with van der Waals surface area (Å²) in [5.74, 6) is 0.667. The van der Waals surface area contributed by atoms with Crippen molar-refractivity contribution in [3.05, 3.63) is 23.5 Å². The lowest BCUT2D eigenvalue weighted by atomic mass is 10.3. The zero-order valence-corrected chi connectivity index (χ0v) is 9.14. The van der Waals surface area contributed by atoms with Crippen molar-refractivity contribution in [3.63, 3.8) is 0 Å². The summed E-state index contributed by atoms with van der Waals surface area (Å²) >= 11 is 10.5. The van der Waals surface area contributed by atoms with E-state index in [4.69, 9.17) is 34.3 Å². The summed E-state index contributed by atoms with van der Waals surface area (Å²) in [5, 5.41) is 0.567. The van der Waals surface area contributed by atoms with Gasteiger partial charge in [-0.2, -0.15) is 0 Å². The lowest BCUT2D eigenvalue weighted by molar-refractivity contribution is 0.312. The SMILES string of the molecule is NC(=S)CCCOc1cncc(Cl)c1. The number of nitrogens with zero attached hydrogens (tertiary/aromatic N) is 1. The second-order valence-corrected chi connectivity index (χ2v) is 3.72. The van der Waals surface area contributed by atoms with Crippen LogP contribution in [0, 0.1) is 0 Å². The van der Waals surface area contributed by atoms with Crippen molar-refractivity contribution in [2.24, 2.45) is 5.73 Å². The minimum atomic E-state index is 0.512. The molecule has 0 amide bonds. The molecule has 0 spiro atoms. The van der Waals surface area contributed by atoms with E-state index in [1.807, 2.05) is 0 Å². The maximum absolute atomic E-state index is 5.72. The molecule has 1 aromatic rings. The minimum Gasteiger partial charge on any atom is -0.492 e. The molecule has 5 heteroatoms. The maximum atomic E-state index is 5.72. The van der Waals surface area contributed by atoms with E-state index in [1.165, 1.54) is 0 Å². The van der Waals surface area contributed by atoms with Gasteiger partial charge in [-0.05, 0) is 6.42 Å². The fourth-order valence-corrected chi connectivity index (χ4v) is 1.22. The molecule has 14 heavy (non-hydrogen) atoms. The number of pyridine rings is 1. The highest BCUT2D eigenvalue weighted by Gasteiger charge is 1.96. The minimum absolute atomic E-state index is 0.512. The van der Waals surface area contributed by atoms with Gasteiger partial charge in [0.05, 0.1) is 22.8 Å². The molecule has 1 rings (SSSR count). The van der Waals surface area contributed by atoms with E-state index in [9.17, 15) is 0 Å². The highest BCUT2D eigenvalue weighted by molar-refractivity contribution is 7.80. The average Bonchev–Trinajstić information content (AvgIpc) is 2.12. The van der Waals surface area contributed by atoms with Gasteiger partial charge in [-0.15, -0.1) is 0 Å². The molecular formula is C9H11ClN2OS. The average molecular weight is 231 g/mol. The van der Waals surface area contributed by atoms with Crippen LogP contribution in [0.1, 0.15) is 12.8 Å². The molecule has 0 aliphatic rings. The Morgan fingerprint density at radius 2 is 2.36 bits per heavy atom. The van der Waals surface area contributed by atoms with Gasteiger partial charge in [-0.25, -0.2) is 0 Å². The summed E-state index contributed by atoms with van der Waals surface area (Å²) in [7, 11) is 0. The normalized spacial score (nSPS) is 9.79. The Bertz CT molecular complexity index is 319. The van der Waals surface area contributed by atoms with Crippen LogP contribution in [0.4, 0.5) is 0 Å². The van der Waals surface area contributed by atoms with Gasteiger partial charge >= 0.3 is 0 Å². The maximum Gasteiger partial charge on any atom is 0.139 e. The Kier molecular flexibility index (Phi) is 4.62. The predicted octanol–water partition coefficient (Wildman–Crippen LogP) is 2.18. The second kappa shape index (κ2) is 5.78. The number of hydrogen-bond donors (Lipinski definition) is 1. The van der Waals surface area contributed by atoms with Gasteiger partial charge < -0.3 is 10.5 Å². The number of hydrogen-bond acceptors (Lipinski definition) is 3. The van der Waals surface area contributed by atoms with E-state index in [0.29, 0.717) is 28.8 Å². The van der Waals surface area contributed by atoms with Crippen molar-refractivity contribution >= 4 is 28.8 Å². The molecule has 0 aliphatic heterocycles. The highest BCUT2D eigenvalue weighted by atomic mass is 35.5. The molecule has 2 N–H and O–H groups in total. The first-order chi connectivity index (χ1) is 6.68. The summed E-state index contributed by atoms with van der Waals surface area (Å²) in [6, 6.07) is 1.72. The smallest absolute Gasteiger partial charge is 0.139 e. The molecule has 0 fully saturated rings. The molecule has 0 aliphatic carbocycles. The van der Waals surface area contributed by atoms with E-state index in [1.54, 1.807) is 18.5 Å². The van der Waals surface area contributed by atoms with Gasteiger partial charge in [0, 0.05) is 18.7 Å². The van der Waals surface area contributed by atoms with Crippen LogP contribution in [0.25, 0.3) is 0 Å². The summed E-state index contributed by atoms with van der Waals surface area (Å²) in [4.78, 5) is 4.40. The van der Waals surface area contributed by atoms with E-state index in [0.717, 1.165) is 6.42 Å². The van der Waals surface area contributed by atoms with E-state index >= 15 is 0 Å². The Morgan fingerprint density at radius 1 is 1.57 bits per heavy atom. The van der Waals surface area contributed by atoms with Crippen molar-refractivity contribution in [2.75, 3.05) is 6.61 Å². The van der Waals surface area contributed by atoms with Gasteiger partial charge in [0.1, 0.15) is 5.75 Å². The van der Waals surface area contributed by atoms with Crippen LogP contribution in [0.15, 0.2) is 18.5 Å². The summed E-state index contributed by atoms with van der Waals surface area (Å²) < 4.78 is 5.38. The van der Waals surface area contributed by atoms with Crippen LogP contribution in [0.2, 0.25) is 5.02 Å². The number of halogens is 1. The highest BCUT2D eigenvalue weighted by Crippen LogP contribution is 2.15. The van der Waals surface area contributed by atoms with Crippen LogP contribution in [0.3, 0.4) is 0 Å². The monoisotopic (exact) mass is 230 g/mol. The molecule has 3 nitrogen and oxygen atoms in total. The Morgan fingerprint density at radius 3 is 3.00 bits per heavy atom. The molecule has 0 saturated heterocycles. The van der Waals surface area contributed by atoms with Crippen LogP contribution in [-0.2, 0) is 0 Å². The van der Waals surface area contributed by atoms with Gasteiger partial charge in [0.25, 0.3) is 0 Å². The molecule has 0 unspecified atom stereocenters. The molecule has 0 saturated carbocycles. The largest absolute Gasteiger partial charge is 0.492 e. The quantitative estimate of drug-likeness (QED) is 0.622. The van der Waals surface area contributed by atoms with E-state index in [2.05, 4.69) is 4.98 Å². The van der Waals surface area contributed by atoms with Crippen LogP contribution in [0.5, 0.6) is 5.75 Å². The van der Waals surface area contributed by atoms with Crippen molar-refractivity contribution in [1.29, 1.82) is 0 Å². The number of rotatable bonds is 5. The van der Waals surface area contributed by atoms with Crippen LogP contribution >= 0.6 is 23.8 Å². The molecule has 0 atom stereocenters. The first kappa shape index (κ1) is 11.2. The number of ether oxygens (including phenoxy) is 1. The van der Waals surface area contributed by atoms with Crippen molar-refractivity contribution < 1.29 is 4.74 Å². The number of thiocarbonyl (C=S) groups is 1. The second-order valence-electron chi connectivity index (χ2n) is 2.76. The van der Waals surface area contributed by atoms with Crippen molar-refractivity contribution in [2.45, 2.75) is 12.8 Å². The molecule has 76 valence electrons. The third-order valence-electron chi connectivity index (χ3n) is 1.52. The van der Waals surface area contributed by atoms with Gasteiger partial charge in [0.2, 0.25) is 0 Å². The summed E-state index contributed by atoms with van der Waals surface area (Å²) in [5.41, 5.74) is 5.34. The Hall–Kier alpha value is -0.870. The third-order valence-corrected chi connectivity index (χ3v) is 1.93. The lowest BCUT2D eigenvalue weighted by Crippen LogP contribution is -2.09. The van der Waals surface area contributed by atoms with Crippen molar-refractivity contribution in [3.8, 4) is 5.75 Å². The fraction of sp³-hybridized carbons (Fsp3) is 0.333. The zero-order chi connectivity index (χ0) is 10.4. The van der Waals surface area contributed by atoms with Crippen LogP contribution in [-0.4, -0.2) is 16.6 Å². The standard InChI is InChI=1S/C9H11ClN2OS/c10-7-4-8(6-12-5-7)13-3-1-2-9(11)14/h4-6H,1-3H2,(H2,11,14). The molecule has 0 aromatic carbocycles.